The molecule has 0 aliphatic heterocycles. The molecule has 4 aromatic rings. The van der Waals surface area contributed by atoms with Gasteiger partial charge in [0, 0.05) is 36.4 Å². The Hall–Kier alpha value is -3.92. The molecule has 3 aromatic heterocycles. The maximum Gasteiger partial charge on any atom is 0.350 e. The van der Waals surface area contributed by atoms with Crippen LogP contribution in [0, 0.1) is 0 Å². The summed E-state index contributed by atoms with van der Waals surface area (Å²) in [5, 5.41) is 6.97. The first-order valence-corrected chi connectivity index (χ1v) is 10.7. The van der Waals surface area contributed by atoms with E-state index in [1.807, 2.05) is 36.4 Å². The van der Waals surface area contributed by atoms with E-state index in [0.29, 0.717) is 27.4 Å². The van der Waals surface area contributed by atoms with E-state index in [1.54, 1.807) is 25.4 Å². The second kappa shape index (κ2) is 9.92. The molecular formula is C22H19N5O4S. The minimum Gasteiger partial charge on any atom is -0.462 e. The van der Waals surface area contributed by atoms with Gasteiger partial charge in [0.05, 0.1) is 12.3 Å². The third kappa shape index (κ3) is 5.03. The van der Waals surface area contributed by atoms with Gasteiger partial charge in [-0.15, -0.1) is 0 Å². The number of hydrogen-bond donors (Lipinski definition) is 1. The fourth-order valence-corrected chi connectivity index (χ4v) is 3.77. The monoisotopic (exact) mass is 449 g/mol. The molecule has 0 bridgehead atoms. The van der Waals surface area contributed by atoms with Gasteiger partial charge in [-0.05, 0) is 19.1 Å². The minimum absolute atomic E-state index is 0.115. The molecule has 10 heteroatoms. The van der Waals surface area contributed by atoms with Crippen LogP contribution in [0.3, 0.4) is 0 Å². The molecule has 1 N–H and O–H groups in total. The van der Waals surface area contributed by atoms with E-state index in [0.717, 1.165) is 22.5 Å². The second-order valence-electron chi connectivity index (χ2n) is 6.58. The van der Waals surface area contributed by atoms with Crippen molar-refractivity contribution in [1.29, 1.82) is 0 Å². The van der Waals surface area contributed by atoms with E-state index in [4.69, 9.17) is 9.26 Å². The van der Waals surface area contributed by atoms with Crippen LogP contribution in [0.4, 0.5) is 5.13 Å². The van der Waals surface area contributed by atoms with Crippen LogP contribution in [0.15, 0.2) is 59.4 Å². The molecule has 9 nitrogen and oxygen atoms in total. The molecule has 0 radical (unpaired) electrons. The van der Waals surface area contributed by atoms with Crippen molar-refractivity contribution in [3.8, 4) is 22.6 Å². The van der Waals surface area contributed by atoms with Crippen LogP contribution in [-0.4, -0.2) is 38.6 Å². The highest BCUT2D eigenvalue weighted by Crippen LogP contribution is 2.32. The topological polar surface area (TPSA) is 120 Å². The predicted molar refractivity (Wildman–Crippen MR) is 118 cm³/mol. The Morgan fingerprint density at radius 3 is 2.66 bits per heavy atom. The zero-order valence-corrected chi connectivity index (χ0v) is 18.0. The van der Waals surface area contributed by atoms with E-state index < -0.39 is 5.97 Å². The standard InChI is InChI=1S/C22H19N5O4S/c1-2-30-21(29)19-18(14-7-4-3-5-8-14)26-22(32-19)24-16(28)10-11-17-25-20(27-31-17)15-9-6-12-23-13-15/h3-9,12-13H,2,10-11H2,1H3,(H,24,26,28). The van der Waals surface area contributed by atoms with Gasteiger partial charge in [0.1, 0.15) is 4.88 Å². The van der Waals surface area contributed by atoms with E-state index >= 15 is 0 Å². The fourth-order valence-electron chi connectivity index (χ4n) is 2.87. The van der Waals surface area contributed by atoms with Gasteiger partial charge < -0.3 is 14.6 Å². The Morgan fingerprint density at radius 2 is 1.91 bits per heavy atom. The Balaban J connectivity index is 1.43. The summed E-state index contributed by atoms with van der Waals surface area (Å²) < 4.78 is 10.4. The number of aryl methyl sites for hydroxylation is 1. The summed E-state index contributed by atoms with van der Waals surface area (Å²) in [4.78, 5) is 37.9. The number of nitrogens with zero attached hydrogens (tertiary/aromatic N) is 4. The number of carbonyl (C=O) groups excluding carboxylic acids is 2. The number of amides is 1. The fraction of sp³-hybridized carbons (Fsp3) is 0.182. The Kier molecular flexibility index (Phi) is 6.61. The molecule has 0 saturated carbocycles. The summed E-state index contributed by atoms with van der Waals surface area (Å²) in [5.74, 6) is 0.00313. The molecule has 4 rings (SSSR count). The van der Waals surface area contributed by atoms with Crippen LogP contribution < -0.4 is 5.32 Å². The van der Waals surface area contributed by atoms with Crippen molar-refractivity contribution in [2.45, 2.75) is 19.8 Å². The van der Waals surface area contributed by atoms with E-state index in [9.17, 15) is 9.59 Å². The molecule has 0 saturated heterocycles. The third-order valence-corrected chi connectivity index (χ3v) is 5.29. The number of carbonyl (C=O) groups is 2. The van der Waals surface area contributed by atoms with E-state index in [-0.39, 0.29) is 25.4 Å². The van der Waals surface area contributed by atoms with Crippen molar-refractivity contribution in [3.05, 3.63) is 65.6 Å². The molecular weight excluding hydrogens is 430 g/mol. The van der Waals surface area contributed by atoms with Gasteiger partial charge in [0.25, 0.3) is 0 Å². The number of ether oxygens (including phenoxy) is 1. The molecule has 0 atom stereocenters. The van der Waals surface area contributed by atoms with Gasteiger partial charge in [-0.25, -0.2) is 9.78 Å². The van der Waals surface area contributed by atoms with Crippen molar-refractivity contribution in [2.24, 2.45) is 0 Å². The number of aromatic nitrogens is 4. The zero-order chi connectivity index (χ0) is 22.3. The SMILES string of the molecule is CCOC(=O)c1sc(NC(=O)CCc2nc(-c3cccnc3)no2)nc1-c1ccccc1. The molecule has 3 heterocycles. The first-order chi connectivity index (χ1) is 15.6. The maximum absolute atomic E-state index is 12.5. The molecule has 162 valence electrons. The molecule has 32 heavy (non-hydrogen) atoms. The highest BCUT2D eigenvalue weighted by atomic mass is 32.1. The molecule has 0 spiro atoms. The molecule has 1 amide bonds. The number of hydrogen-bond acceptors (Lipinski definition) is 9. The van der Waals surface area contributed by atoms with E-state index in [2.05, 4.69) is 25.4 Å². The highest BCUT2D eigenvalue weighted by Gasteiger charge is 2.21. The summed E-state index contributed by atoms with van der Waals surface area (Å²) >= 11 is 1.08. The lowest BCUT2D eigenvalue weighted by molar-refractivity contribution is -0.116. The van der Waals surface area contributed by atoms with Crippen molar-refractivity contribution in [3.63, 3.8) is 0 Å². The van der Waals surface area contributed by atoms with Crippen molar-refractivity contribution in [1.82, 2.24) is 20.1 Å². The Bertz CT molecular complexity index is 1210. The zero-order valence-electron chi connectivity index (χ0n) is 17.1. The number of rotatable bonds is 8. The lowest BCUT2D eigenvalue weighted by Gasteiger charge is -2.01. The van der Waals surface area contributed by atoms with Crippen LogP contribution in [0.2, 0.25) is 0 Å². The summed E-state index contributed by atoms with van der Waals surface area (Å²) in [6, 6.07) is 12.9. The Labute approximate surface area is 187 Å². The van der Waals surface area contributed by atoms with Gasteiger partial charge in [0.15, 0.2) is 5.13 Å². The lowest BCUT2D eigenvalue weighted by atomic mass is 10.1. The Morgan fingerprint density at radius 1 is 1.09 bits per heavy atom. The molecule has 0 unspecified atom stereocenters. The summed E-state index contributed by atoms with van der Waals surface area (Å²) in [6.07, 6.45) is 3.67. The summed E-state index contributed by atoms with van der Waals surface area (Å²) in [5.41, 5.74) is 1.97. The van der Waals surface area contributed by atoms with Crippen molar-refractivity contribution >= 4 is 28.3 Å². The number of pyridine rings is 1. The molecule has 0 aliphatic carbocycles. The normalized spacial score (nSPS) is 10.7. The number of esters is 1. The molecule has 0 fully saturated rings. The van der Waals surface area contributed by atoms with Crippen molar-refractivity contribution in [2.75, 3.05) is 11.9 Å². The predicted octanol–water partition coefficient (Wildman–Crippen LogP) is 4.00. The van der Waals surface area contributed by atoms with Gasteiger partial charge in [-0.3, -0.25) is 9.78 Å². The number of anilines is 1. The minimum atomic E-state index is -0.474. The van der Waals surface area contributed by atoms with Crippen LogP contribution >= 0.6 is 11.3 Å². The molecule has 1 aromatic carbocycles. The molecule has 0 aliphatic rings. The number of benzene rings is 1. The van der Waals surface area contributed by atoms with Crippen LogP contribution in [0.5, 0.6) is 0 Å². The van der Waals surface area contributed by atoms with Crippen LogP contribution in [0.25, 0.3) is 22.6 Å². The lowest BCUT2D eigenvalue weighted by Crippen LogP contribution is -2.12. The van der Waals surface area contributed by atoms with Gasteiger partial charge in [-0.1, -0.05) is 46.8 Å². The average Bonchev–Trinajstić information content (AvgIpc) is 3.47. The highest BCUT2D eigenvalue weighted by molar-refractivity contribution is 7.18. The van der Waals surface area contributed by atoms with Gasteiger partial charge >= 0.3 is 5.97 Å². The quantitative estimate of drug-likeness (QED) is 0.401. The number of nitrogens with one attached hydrogen (secondary N) is 1. The third-order valence-electron chi connectivity index (χ3n) is 4.34. The first kappa shape index (κ1) is 21.3. The van der Waals surface area contributed by atoms with E-state index in [1.165, 1.54) is 0 Å². The van der Waals surface area contributed by atoms with Gasteiger partial charge in [0.2, 0.25) is 17.6 Å². The van der Waals surface area contributed by atoms with Crippen molar-refractivity contribution < 1.29 is 18.8 Å². The second-order valence-corrected chi connectivity index (χ2v) is 7.58. The summed E-state index contributed by atoms with van der Waals surface area (Å²) in [7, 11) is 0. The smallest absolute Gasteiger partial charge is 0.350 e. The summed E-state index contributed by atoms with van der Waals surface area (Å²) in [6.45, 7) is 1.99. The average molecular weight is 449 g/mol. The van der Waals surface area contributed by atoms with Crippen LogP contribution in [0.1, 0.15) is 28.9 Å². The largest absolute Gasteiger partial charge is 0.462 e. The number of thiazole rings is 1. The van der Waals surface area contributed by atoms with Gasteiger partial charge in [-0.2, -0.15) is 4.98 Å². The maximum atomic E-state index is 12.5. The van der Waals surface area contributed by atoms with Crippen LogP contribution in [-0.2, 0) is 16.0 Å². The first-order valence-electron chi connectivity index (χ1n) is 9.90.